The largest absolute Gasteiger partial charge is 0.479 e. The van der Waals surface area contributed by atoms with Crippen LogP contribution in [0.3, 0.4) is 0 Å². The lowest BCUT2D eigenvalue weighted by Gasteiger charge is -2.28. The Labute approximate surface area is 187 Å². The smallest absolute Gasteiger partial charge is 0.410 e. The van der Waals surface area contributed by atoms with E-state index >= 15 is 0 Å². The van der Waals surface area contributed by atoms with Gasteiger partial charge in [-0.05, 0) is 35.6 Å². The van der Waals surface area contributed by atoms with Crippen molar-refractivity contribution in [2.24, 2.45) is 7.05 Å². The van der Waals surface area contributed by atoms with Crippen LogP contribution in [0.2, 0.25) is 0 Å². The second-order valence-corrected chi connectivity index (χ2v) is 8.08. The maximum atomic E-state index is 13.2. The Morgan fingerprint density at radius 2 is 1.72 bits per heavy atom. The first-order valence-corrected chi connectivity index (χ1v) is 10.8. The number of carboxylic acid groups (broad SMARTS) is 1. The van der Waals surface area contributed by atoms with Crippen LogP contribution in [0.1, 0.15) is 47.7 Å². The maximum absolute atomic E-state index is 13.2. The van der Waals surface area contributed by atoms with Gasteiger partial charge >= 0.3 is 12.1 Å². The second-order valence-electron chi connectivity index (χ2n) is 8.08. The third-order valence-corrected chi connectivity index (χ3v) is 5.93. The van der Waals surface area contributed by atoms with E-state index in [-0.39, 0.29) is 19.1 Å². The molecule has 4 rings (SSSR count). The van der Waals surface area contributed by atoms with Crippen molar-refractivity contribution in [3.63, 3.8) is 0 Å². The van der Waals surface area contributed by atoms with Gasteiger partial charge in [0.2, 0.25) is 0 Å². The van der Waals surface area contributed by atoms with E-state index < -0.39 is 18.1 Å². The summed E-state index contributed by atoms with van der Waals surface area (Å²) in [5.41, 5.74) is 5.57. The van der Waals surface area contributed by atoms with E-state index in [1.807, 2.05) is 31.2 Å². The number of hydrogen-bond donors (Lipinski definition) is 1. The normalized spacial score (nSPS) is 13.3. The molecule has 0 bridgehead atoms. The highest BCUT2D eigenvalue weighted by molar-refractivity contribution is 5.82. The Hall–Kier alpha value is -3.61. The molecule has 1 aliphatic carbocycles. The number of hydrogen-bond acceptors (Lipinski definition) is 4. The highest BCUT2D eigenvalue weighted by Crippen LogP contribution is 2.44. The zero-order chi connectivity index (χ0) is 22.8. The SMILES string of the molecule is CCCN(C(=O)OCC1c2ccccc2-c2ccccc21)C(C(=O)O)c1cn(C)nc1C. The van der Waals surface area contributed by atoms with Crippen molar-refractivity contribution in [1.29, 1.82) is 0 Å². The predicted molar refractivity (Wildman–Crippen MR) is 120 cm³/mol. The van der Waals surface area contributed by atoms with Gasteiger partial charge in [0.25, 0.3) is 0 Å². The van der Waals surface area contributed by atoms with Crippen molar-refractivity contribution in [1.82, 2.24) is 14.7 Å². The molecule has 0 radical (unpaired) electrons. The third-order valence-electron chi connectivity index (χ3n) is 5.93. The number of ether oxygens (including phenoxy) is 1. The molecule has 0 saturated carbocycles. The standard InChI is InChI=1S/C25H27N3O4/c1-4-13-28(23(24(29)30)21-14-27(3)26-16(21)2)25(31)32-15-22-19-11-7-5-9-17(19)18-10-6-8-12-20(18)22/h5-12,14,22-23H,4,13,15H2,1-3H3,(H,29,30). The van der Waals surface area contributed by atoms with Crippen LogP contribution < -0.4 is 0 Å². The molecule has 1 aromatic heterocycles. The minimum atomic E-state index is -1.15. The first-order chi connectivity index (χ1) is 15.4. The lowest BCUT2D eigenvalue weighted by atomic mass is 9.98. The summed E-state index contributed by atoms with van der Waals surface area (Å²) in [5.74, 6) is -1.19. The molecule has 1 atom stereocenters. The average molecular weight is 434 g/mol. The van der Waals surface area contributed by atoms with Gasteiger partial charge in [-0.3, -0.25) is 9.58 Å². The molecule has 0 fully saturated rings. The Morgan fingerprint density at radius 1 is 1.12 bits per heavy atom. The van der Waals surface area contributed by atoms with Crippen LogP contribution in [0.25, 0.3) is 11.1 Å². The minimum Gasteiger partial charge on any atom is -0.479 e. The van der Waals surface area contributed by atoms with E-state index in [2.05, 4.69) is 29.4 Å². The number of aryl methyl sites for hydroxylation is 2. The molecule has 0 spiro atoms. The molecule has 0 saturated heterocycles. The number of carbonyl (C=O) groups is 2. The Kier molecular flexibility index (Phi) is 5.99. The van der Waals surface area contributed by atoms with Gasteiger partial charge < -0.3 is 9.84 Å². The number of carboxylic acids is 1. The summed E-state index contributed by atoms with van der Waals surface area (Å²) in [7, 11) is 1.73. The van der Waals surface area contributed by atoms with Gasteiger partial charge in [0.15, 0.2) is 6.04 Å². The predicted octanol–water partition coefficient (Wildman–Crippen LogP) is 4.52. The summed E-state index contributed by atoms with van der Waals surface area (Å²) >= 11 is 0. The summed E-state index contributed by atoms with van der Waals surface area (Å²) in [6.45, 7) is 4.05. The maximum Gasteiger partial charge on any atom is 0.410 e. The van der Waals surface area contributed by atoms with Crippen LogP contribution in [0.5, 0.6) is 0 Å². The highest BCUT2D eigenvalue weighted by Gasteiger charge is 2.35. The van der Waals surface area contributed by atoms with Crippen LogP contribution in [0.15, 0.2) is 54.7 Å². The molecule has 1 heterocycles. The van der Waals surface area contributed by atoms with E-state index in [0.717, 1.165) is 22.3 Å². The number of aliphatic carboxylic acids is 1. The van der Waals surface area contributed by atoms with Gasteiger partial charge in [0.1, 0.15) is 6.61 Å². The van der Waals surface area contributed by atoms with Crippen LogP contribution in [0, 0.1) is 6.92 Å². The van der Waals surface area contributed by atoms with Crippen LogP contribution in [0.4, 0.5) is 4.79 Å². The van der Waals surface area contributed by atoms with E-state index in [1.165, 1.54) is 4.90 Å². The van der Waals surface area contributed by atoms with Crippen LogP contribution in [-0.4, -0.2) is 45.0 Å². The van der Waals surface area contributed by atoms with Crippen molar-refractivity contribution in [3.8, 4) is 11.1 Å². The molecule has 0 aliphatic heterocycles. The molecule has 2 aromatic carbocycles. The lowest BCUT2D eigenvalue weighted by Crippen LogP contribution is -2.40. The van der Waals surface area contributed by atoms with Gasteiger partial charge in [-0.2, -0.15) is 5.10 Å². The summed E-state index contributed by atoms with van der Waals surface area (Å²) in [6, 6.07) is 15.1. The van der Waals surface area contributed by atoms with Crippen molar-refractivity contribution in [3.05, 3.63) is 77.1 Å². The molecule has 7 heteroatoms. The Morgan fingerprint density at radius 3 is 2.22 bits per heavy atom. The summed E-state index contributed by atoms with van der Waals surface area (Å²) in [6.07, 6.45) is 1.62. The molecule has 1 N–H and O–H groups in total. The fraction of sp³-hybridized carbons (Fsp3) is 0.320. The first kappa shape index (κ1) is 21.6. The first-order valence-electron chi connectivity index (χ1n) is 10.8. The number of benzene rings is 2. The molecular weight excluding hydrogens is 406 g/mol. The number of aromatic nitrogens is 2. The molecule has 1 aliphatic rings. The van der Waals surface area contributed by atoms with E-state index in [1.54, 1.807) is 24.9 Å². The molecule has 7 nitrogen and oxygen atoms in total. The minimum absolute atomic E-state index is 0.0850. The summed E-state index contributed by atoms with van der Waals surface area (Å²) < 4.78 is 7.31. The van der Waals surface area contributed by atoms with Crippen LogP contribution >= 0.6 is 0 Å². The third kappa shape index (κ3) is 3.86. The van der Waals surface area contributed by atoms with Crippen molar-refractivity contribution >= 4 is 12.1 Å². The quantitative estimate of drug-likeness (QED) is 0.592. The summed E-state index contributed by atoms with van der Waals surface area (Å²) in [5, 5.41) is 14.2. The molecule has 166 valence electrons. The van der Waals surface area contributed by atoms with Gasteiger partial charge in [0.05, 0.1) is 5.69 Å². The topological polar surface area (TPSA) is 84.7 Å². The molecule has 32 heavy (non-hydrogen) atoms. The molecule has 1 amide bonds. The van der Waals surface area contributed by atoms with Crippen molar-refractivity contribution < 1.29 is 19.4 Å². The number of carbonyl (C=O) groups excluding carboxylic acids is 1. The number of amides is 1. The lowest BCUT2D eigenvalue weighted by molar-refractivity contribution is -0.143. The Balaban J connectivity index is 1.59. The van der Waals surface area contributed by atoms with Crippen LogP contribution in [-0.2, 0) is 16.6 Å². The van der Waals surface area contributed by atoms with Gasteiger partial charge in [-0.25, -0.2) is 9.59 Å². The van der Waals surface area contributed by atoms with Crippen molar-refractivity contribution in [2.45, 2.75) is 32.2 Å². The van der Waals surface area contributed by atoms with E-state index in [4.69, 9.17) is 4.74 Å². The number of nitrogens with zero attached hydrogens (tertiary/aromatic N) is 3. The van der Waals surface area contributed by atoms with E-state index in [0.29, 0.717) is 17.7 Å². The second kappa shape index (κ2) is 8.86. The molecular formula is C25H27N3O4. The van der Waals surface area contributed by atoms with E-state index in [9.17, 15) is 14.7 Å². The van der Waals surface area contributed by atoms with Gasteiger partial charge in [0, 0.05) is 31.3 Å². The van der Waals surface area contributed by atoms with Gasteiger partial charge in [-0.1, -0.05) is 55.5 Å². The fourth-order valence-electron chi connectivity index (χ4n) is 4.56. The monoisotopic (exact) mass is 433 g/mol. The van der Waals surface area contributed by atoms with Gasteiger partial charge in [-0.15, -0.1) is 0 Å². The van der Waals surface area contributed by atoms with Crippen molar-refractivity contribution in [2.75, 3.05) is 13.2 Å². The highest BCUT2D eigenvalue weighted by atomic mass is 16.6. The fourth-order valence-corrected chi connectivity index (χ4v) is 4.56. The molecule has 1 unspecified atom stereocenters. The molecule has 3 aromatic rings. The number of rotatable bonds is 7. The average Bonchev–Trinajstić information content (AvgIpc) is 3.27. The zero-order valence-corrected chi connectivity index (χ0v) is 18.5. The summed E-state index contributed by atoms with van der Waals surface area (Å²) in [4.78, 5) is 26.6. The number of fused-ring (bicyclic) bond motifs is 3. The zero-order valence-electron chi connectivity index (χ0n) is 18.5. The Bertz CT molecular complexity index is 1110.